The van der Waals surface area contributed by atoms with E-state index in [9.17, 15) is 0 Å². The van der Waals surface area contributed by atoms with Crippen molar-refractivity contribution in [2.45, 2.75) is 44.3 Å². The Hall–Kier alpha value is -0.760. The largest absolute Gasteiger partial charge is 0.359 e. The molecule has 0 N–H and O–H groups in total. The summed E-state index contributed by atoms with van der Waals surface area (Å²) in [6, 6.07) is 4.33. The molecule has 1 aliphatic heterocycles. The summed E-state index contributed by atoms with van der Waals surface area (Å²) in [5.41, 5.74) is 1.48. The van der Waals surface area contributed by atoms with Crippen LogP contribution in [0.15, 0.2) is 18.3 Å². The van der Waals surface area contributed by atoms with Gasteiger partial charge in [0.25, 0.3) is 0 Å². The highest BCUT2D eigenvalue weighted by molar-refractivity contribution is 5.25. The van der Waals surface area contributed by atoms with Crippen molar-refractivity contribution in [1.29, 1.82) is 0 Å². The van der Waals surface area contributed by atoms with Gasteiger partial charge in [-0.25, -0.2) is 0 Å². The van der Waals surface area contributed by atoms with Crippen molar-refractivity contribution in [2.24, 2.45) is 13.0 Å². The van der Waals surface area contributed by atoms with Gasteiger partial charge in [0, 0.05) is 13.2 Å². The standard InChI is InChI=1S/C13H19NO/c1-3-10-6-7-13(12(9-10)15-13)11-5-4-8-14(11)2/h4-5,8,10,12H,3,6-7,9H2,1-2H3/t10-,12-,13+/m1/s1. The minimum atomic E-state index is 0.101. The Balaban J connectivity index is 1.83. The fourth-order valence-electron chi connectivity index (χ4n) is 3.14. The number of epoxide rings is 1. The second kappa shape index (κ2) is 3.11. The van der Waals surface area contributed by atoms with Crippen LogP contribution in [0.2, 0.25) is 0 Å². The molecule has 1 aromatic heterocycles. The molecule has 82 valence electrons. The van der Waals surface area contributed by atoms with E-state index in [0.29, 0.717) is 6.10 Å². The Bertz CT molecular complexity index is 370. The van der Waals surface area contributed by atoms with Crippen molar-refractivity contribution in [3.8, 4) is 0 Å². The molecule has 1 saturated carbocycles. The van der Waals surface area contributed by atoms with Crippen LogP contribution in [0.4, 0.5) is 0 Å². The van der Waals surface area contributed by atoms with Gasteiger partial charge in [-0.1, -0.05) is 13.3 Å². The second-order valence-electron chi connectivity index (χ2n) is 5.05. The average Bonchev–Trinajstić information content (AvgIpc) is 2.83. The summed E-state index contributed by atoms with van der Waals surface area (Å²) >= 11 is 0. The van der Waals surface area contributed by atoms with E-state index < -0.39 is 0 Å². The van der Waals surface area contributed by atoms with Crippen LogP contribution >= 0.6 is 0 Å². The molecule has 2 heteroatoms. The van der Waals surface area contributed by atoms with Crippen molar-refractivity contribution in [3.63, 3.8) is 0 Å². The first-order chi connectivity index (χ1) is 7.26. The number of rotatable bonds is 2. The molecule has 0 spiro atoms. The van der Waals surface area contributed by atoms with Gasteiger partial charge in [0.2, 0.25) is 0 Å². The van der Waals surface area contributed by atoms with Crippen LogP contribution in [0.5, 0.6) is 0 Å². The Morgan fingerprint density at radius 3 is 3.07 bits per heavy atom. The van der Waals surface area contributed by atoms with Crippen LogP contribution in [0, 0.1) is 5.92 Å². The number of fused-ring (bicyclic) bond motifs is 1. The zero-order chi connectivity index (χ0) is 10.5. The lowest BCUT2D eigenvalue weighted by Gasteiger charge is -2.24. The number of aryl methyl sites for hydroxylation is 1. The van der Waals surface area contributed by atoms with Gasteiger partial charge in [-0.2, -0.15) is 0 Å². The summed E-state index contributed by atoms with van der Waals surface area (Å²) in [5.74, 6) is 0.894. The topological polar surface area (TPSA) is 17.5 Å². The first-order valence-corrected chi connectivity index (χ1v) is 6.06. The maximum Gasteiger partial charge on any atom is 0.134 e. The van der Waals surface area contributed by atoms with Gasteiger partial charge < -0.3 is 9.30 Å². The van der Waals surface area contributed by atoms with Crippen LogP contribution in [-0.4, -0.2) is 10.7 Å². The predicted molar refractivity (Wildman–Crippen MR) is 59.6 cm³/mol. The third-order valence-corrected chi connectivity index (χ3v) is 4.24. The van der Waals surface area contributed by atoms with E-state index in [1.165, 1.54) is 31.4 Å². The summed E-state index contributed by atoms with van der Waals surface area (Å²) in [6.45, 7) is 2.29. The first kappa shape index (κ1) is 9.46. The third kappa shape index (κ3) is 1.27. The maximum atomic E-state index is 6.00. The molecule has 3 atom stereocenters. The molecule has 3 rings (SSSR count). The molecule has 1 aromatic rings. The number of hydrogen-bond donors (Lipinski definition) is 0. The lowest BCUT2D eigenvalue weighted by atomic mass is 9.79. The number of aromatic nitrogens is 1. The lowest BCUT2D eigenvalue weighted by Crippen LogP contribution is -2.24. The summed E-state index contributed by atoms with van der Waals surface area (Å²) in [7, 11) is 2.12. The number of hydrogen-bond acceptors (Lipinski definition) is 1. The zero-order valence-corrected chi connectivity index (χ0v) is 9.57. The fraction of sp³-hybridized carbons (Fsp3) is 0.692. The van der Waals surface area contributed by atoms with Crippen LogP contribution in [0.1, 0.15) is 38.3 Å². The normalized spacial score (nSPS) is 38.8. The molecule has 1 aliphatic carbocycles. The Kier molecular flexibility index (Phi) is 1.96. The summed E-state index contributed by atoms with van der Waals surface area (Å²) in [4.78, 5) is 0. The van der Waals surface area contributed by atoms with E-state index in [1.54, 1.807) is 0 Å². The Morgan fingerprint density at radius 2 is 2.47 bits per heavy atom. The highest BCUT2D eigenvalue weighted by atomic mass is 16.6. The van der Waals surface area contributed by atoms with E-state index in [4.69, 9.17) is 4.74 Å². The molecule has 0 bridgehead atoms. The van der Waals surface area contributed by atoms with Crippen LogP contribution in [0.25, 0.3) is 0 Å². The van der Waals surface area contributed by atoms with Gasteiger partial charge in [0.15, 0.2) is 0 Å². The SMILES string of the molecule is CC[C@@H]1CC[C@@]2(c3cccn3C)O[C@@H]2C1. The molecule has 0 radical (unpaired) electrons. The van der Waals surface area contributed by atoms with Crippen molar-refractivity contribution in [1.82, 2.24) is 4.57 Å². The minimum absolute atomic E-state index is 0.101. The van der Waals surface area contributed by atoms with Gasteiger partial charge in [-0.05, 0) is 37.3 Å². The Labute approximate surface area is 91.2 Å². The maximum absolute atomic E-state index is 6.00. The van der Waals surface area contributed by atoms with E-state index >= 15 is 0 Å². The van der Waals surface area contributed by atoms with Crippen LogP contribution < -0.4 is 0 Å². The van der Waals surface area contributed by atoms with E-state index in [2.05, 4.69) is 36.9 Å². The van der Waals surface area contributed by atoms with Crippen molar-refractivity contribution < 1.29 is 4.74 Å². The van der Waals surface area contributed by atoms with Gasteiger partial charge in [0.05, 0.1) is 11.8 Å². The molecule has 2 fully saturated rings. The molecule has 0 unspecified atom stereocenters. The molecule has 1 saturated heterocycles. The lowest BCUT2D eigenvalue weighted by molar-refractivity contribution is 0.273. The van der Waals surface area contributed by atoms with Crippen molar-refractivity contribution in [3.05, 3.63) is 24.0 Å². The highest BCUT2D eigenvalue weighted by Crippen LogP contribution is 2.56. The summed E-state index contributed by atoms with van der Waals surface area (Å²) in [5, 5.41) is 0. The van der Waals surface area contributed by atoms with Crippen molar-refractivity contribution >= 4 is 0 Å². The molecule has 2 nitrogen and oxygen atoms in total. The van der Waals surface area contributed by atoms with E-state index in [1.807, 2.05) is 0 Å². The van der Waals surface area contributed by atoms with Crippen LogP contribution in [-0.2, 0) is 17.4 Å². The third-order valence-electron chi connectivity index (χ3n) is 4.24. The number of ether oxygens (including phenoxy) is 1. The number of nitrogens with zero attached hydrogens (tertiary/aromatic N) is 1. The van der Waals surface area contributed by atoms with Crippen LogP contribution in [0.3, 0.4) is 0 Å². The van der Waals surface area contributed by atoms with Gasteiger partial charge >= 0.3 is 0 Å². The highest BCUT2D eigenvalue weighted by Gasteiger charge is 2.60. The van der Waals surface area contributed by atoms with E-state index in [0.717, 1.165) is 5.92 Å². The molecular weight excluding hydrogens is 186 g/mol. The molecular formula is C13H19NO. The molecule has 0 aromatic carbocycles. The second-order valence-corrected chi connectivity index (χ2v) is 5.05. The van der Waals surface area contributed by atoms with Gasteiger partial charge in [-0.15, -0.1) is 0 Å². The fourth-order valence-corrected chi connectivity index (χ4v) is 3.14. The zero-order valence-electron chi connectivity index (χ0n) is 9.57. The molecule has 15 heavy (non-hydrogen) atoms. The predicted octanol–water partition coefficient (Wildman–Crippen LogP) is 2.83. The minimum Gasteiger partial charge on any atom is -0.359 e. The molecule has 2 heterocycles. The van der Waals surface area contributed by atoms with E-state index in [-0.39, 0.29) is 5.60 Å². The molecule has 0 amide bonds. The van der Waals surface area contributed by atoms with Gasteiger partial charge in [-0.3, -0.25) is 0 Å². The monoisotopic (exact) mass is 205 g/mol. The Morgan fingerprint density at radius 1 is 1.60 bits per heavy atom. The van der Waals surface area contributed by atoms with Crippen molar-refractivity contribution in [2.75, 3.05) is 0 Å². The quantitative estimate of drug-likeness (QED) is 0.679. The first-order valence-electron chi connectivity index (χ1n) is 6.06. The molecule has 2 aliphatic rings. The average molecular weight is 205 g/mol. The summed E-state index contributed by atoms with van der Waals surface area (Å²) < 4.78 is 8.22. The van der Waals surface area contributed by atoms with Gasteiger partial charge in [0.1, 0.15) is 5.60 Å². The smallest absolute Gasteiger partial charge is 0.134 e. The summed E-state index contributed by atoms with van der Waals surface area (Å²) in [6.07, 6.45) is 7.75.